The highest BCUT2D eigenvalue weighted by Crippen LogP contribution is 2.48. The van der Waals surface area contributed by atoms with Crippen LogP contribution in [0.5, 0.6) is 11.5 Å². The Morgan fingerprint density at radius 2 is 1.55 bits per heavy atom. The molecule has 2 aromatic carbocycles. The Morgan fingerprint density at radius 1 is 1.00 bits per heavy atom. The summed E-state index contributed by atoms with van der Waals surface area (Å²) in [6, 6.07) is 15.7. The molecule has 0 unspecified atom stereocenters. The molecule has 0 fully saturated rings. The van der Waals surface area contributed by atoms with Gasteiger partial charge in [-0.2, -0.15) is 0 Å². The third kappa shape index (κ3) is 3.12. The fraction of sp³-hybridized carbons (Fsp3) is 0.435. The van der Waals surface area contributed by atoms with E-state index in [-0.39, 0.29) is 12.3 Å². The number of hydrogen-bond donors (Lipinski definition) is 0. The molecule has 0 saturated heterocycles. The van der Waals surface area contributed by atoms with Gasteiger partial charge in [-0.3, -0.25) is 0 Å². The van der Waals surface area contributed by atoms with Gasteiger partial charge in [0.2, 0.25) is 18.5 Å². The van der Waals surface area contributed by atoms with E-state index in [1.54, 1.807) is 5.06 Å². The highest BCUT2D eigenvalue weighted by molar-refractivity contribution is 5.82. The molecule has 2 heterocycles. The number of aliphatic imine (C=N–C) groups is 1. The Labute approximate surface area is 172 Å². The summed E-state index contributed by atoms with van der Waals surface area (Å²) in [7, 11) is 1.91. The minimum absolute atomic E-state index is 0.0651. The van der Waals surface area contributed by atoms with Gasteiger partial charge in [0.25, 0.3) is 0 Å². The lowest BCUT2D eigenvalue weighted by atomic mass is 9.93. The molecule has 2 aliphatic heterocycles. The number of fused-ring (bicyclic) bond motifs is 4. The first kappa shape index (κ1) is 19.6. The van der Waals surface area contributed by atoms with E-state index in [1.807, 2.05) is 55.6 Å². The van der Waals surface area contributed by atoms with Crippen molar-refractivity contribution in [3.63, 3.8) is 0 Å². The molecule has 154 valence electrons. The van der Waals surface area contributed by atoms with Crippen molar-refractivity contribution in [2.24, 2.45) is 4.99 Å². The lowest BCUT2D eigenvalue weighted by molar-refractivity contribution is -0.159. The van der Waals surface area contributed by atoms with Gasteiger partial charge in [0.05, 0.1) is 11.1 Å². The molecule has 0 aromatic heterocycles. The van der Waals surface area contributed by atoms with Gasteiger partial charge in [-0.1, -0.05) is 31.2 Å². The third-order valence-corrected chi connectivity index (χ3v) is 5.89. The Morgan fingerprint density at radius 3 is 2.07 bits per heavy atom. The smallest absolute Gasteiger partial charge is 0.247 e. The maximum atomic E-state index is 6.54. The second kappa shape index (κ2) is 7.26. The van der Waals surface area contributed by atoms with Crippen LogP contribution in [0.25, 0.3) is 0 Å². The zero-order chi connectivity index (χ0) is 20.6. The monoisotopic (exact) mass is 395 g/mol. The molecule has 0 aliphatic carbocycles. The second-order valence-corrected chi connectivity index (χ2v) is 7.95. The lowest BCUT2D eigenvalue weighted by Gasteiger charge is -2.39. The molecule has 6 heteroatoms. The largest absolute Gasteiger partial charge is 0.457 e. The Hall–Kier alpha value is -2.73. The van der Waals surface area contributed by atoms with Crippen LogP contribution in [0, 0.1) is 0 Å². The molecule has 1 spiro atoms. The maximum Gasteiger partial charge on any atom is 0.247 e. The van der Waals surface area contributed by atoms with Gasteiger partial charge in [0.15, 0.2) is 0 Å². The summed E-state index contributed by atoms with van der Waals surface area (Å²) >= 11 is 0. The number of hydrogen-bond acceptors (Lipinski definition) is 6. The fourth-order valence-electron chi connectivity index (χ4n) is 4.00. The fourth-order valence-corrected chi connectivity index (χ4v) is 4.00. The van der Waals surface area contributed by atoms with Crippen molar-refractivity contribution in [2.75, 3.05) is 20.4 Å². The Bertz CT molecular complexity index is 878. The van der Waals surface area contributed by atoms with Crippen molar-refractivity contribution >= 4 is 5.96 Å². The molecule has 2 aliphatic rings. The molecule has 6 nitrogen and oxygen atoms in total. The van der Waals surface area contributed by atoms with E-state index in [4.69, 9.17) is 19.3 Å². The topological polar surface area (TPSA) is 46.5 Å². The van der Waals surface area contributed by atoms with Gasteiger partial charge in [-0.25, -0.2) is 14.9 Å². The average molecular weight is 396 g/mol. The van der Waals surface area contributed by atoms with Crippen LogP contribution in [0.4, 0.5) is 0 Å². The molecule has 29 heavy (non-hydrogen) atoms. The number of para-hydroxylation sites is 2. The van der Waals surface area contributed by atoms with Crippen molar-refractivity contribution in [3.05, 3.63) is 59.7 Å². The SMILES string of the molecule is CCN(C1=NC2(ON1C)c1ccccc1OCOc1ccccc12)C(C)(C)CC. The molecule has 0 radical (unpaired) electrons. The zero-order valence-electron chi connectivity index (χ0n) is 17.8. The summed E-state index contributed by atoms with van der Waals surface area (Å²) in [6.07, 6.45) is 0.986. The number of guanidine groups is 1. The number of benzene rings is 2. The van der Waals surface area contributed by atoms with E-state index in [0.717, 1.165) is 30.1 Å². The number of rotatable bonds is 3. The molecule has 0 bridgehead atoms. The quantitative estimate of drug-likeness (QED) is 0.773. The van der Waals surface area contributed by atoms with Crippen LogP contribution >= 0.6 is 0 Å². The van der Waals surface area contributed by atoms with E-state index < -0.39 is 5.72 Å². The summed E-state index contributed by atoms with van der Waals surface area (Å²) < 4.78 is 11.8. The predicted octanol–water partition coefficient (Wildman–Crippen LogP) is 4.36. The average Bonchev–Trinajstić information content (AvgIpc) is 3.06. The molecule has 2 aromatic rings. The molecule has 0 N–H and O–H groups in total. The first-order chi connectivity index (χ1) is 13.9. The highest BCUT2D eigenvalue weighted by Gasteiger charge is 2.50. The van der Waals surface area contributed by atoms with Crippen molar-refractivity contribution in [3.8, 4) is 11.5 Å². The van der Waals surface area contributed by atoms with E-state index in [1.165, 1.54) is 0 Å². The van der Waals surface area contributed by atoms with Crippen molar-refractivity contribution < 1.29 is 14.3 Å². The van der Waals surface area contributed by atoms with E-state index >= 15 is 0 Å². The molecule has 0 atom stereocenters. The summed E-state index contributed by atoms with van der Waals surface area (Å²) in [6.45, 7) is 9.75. The summed E-state index contributed by atoms with van der Waals surface area (Å²) in [5.41, 5.74) is 0.588. The van der Waals surface area contributed by atoms with Gasteiger partial charge in [0.1, 0.15) is 11.5 Å². The number of nitrogens with zero attached hydrogens (tertiary/aromatic N) is 3. The number of ether oxygens (including phenoxy) is 2. The van der Waals surface area contributed by atoms with Gasteiger partial charge >= 0.3 is 0 Å². The Balaban J connectivity index is 1.96. The summed E-state index contributed by atoms with van der Waals surface area (Å²) in [4.78, 5) is 14.0. The van der Waals surface area contributed by atoms with Crippen LogP contribution < -0.4 is 9.47 Å². The summed E-state index contributed by atoms with van der Waals surface area (Å²) in [5.74, 6) is 2.21. The first-order valence-corrected chi connectivity index (χ1v) is 10.2. The molecule has 0 saturated carbocycles. The van der Waals surface area contributed by atoms with Crippen LogP contribution in [0.15, 0.2) is 53.5 Å². The second-order valence-electron chi connectivity index (χ2n) is 7.95. The molecule has 4 rings (SSSR count). The zero-order valence-corrected chi connectivity index (χ0v) is 17.8. The van der Waals surface area contributed by atoms with Crippen molar-refractivity contribution in [2.45, 2.75) is 45.4 Å². The van der Waals surface area contributed by atoms with Crippen molar-refractivity contribution in [1.29, 1.82) is 0 Å². The van der Waals surface area contributed by atoms with Crippen molar-refractivity contribution in [1.82, 2.24) is 9.96 Å². The maximum absolute atomic E-state index is 6.54. The van der Waals surface area contributed by atoms with Crippen LogP contribution in [0.2, 0.25) is 0 Å². The standard InChI is InChI=1S/C23H29N3O3/c1-6-22(3,4)26(7-2)21-24-23(29-25(21)5)17-12-8-10-14-19(17)27-16-28-20-15-11-9-13-18(20)23/h8-15H,6-7,16H2,1-5H3. The molecular formula is C23H29N3O3. The van der Waals surface area contributed by atoms with Gasteiger partial charge in [-0.15, -0.1) is 0 Å². The third-order valence-electron chi connectivity index (χ3n) is 5.89. The van der Waals surface area contributed by atoms with Crippen LogP contribution in [-0.4, -0.2) is 41.8 Å². The van der Waals surface area contributed by atoms with Crippen LogP contribution in [0.3, 0.4) is 0 Å². The molecular weight excluding hydrogens is 366 g/mol. The first-order valence-electron chi connectivity index (χ1n) is 10.2. The van der Waals surface area contributed by atoms with Gasteiger partial charge in [-0.05, 0) is 51.5 Å². The van der Waals surface area contributed by atoms with Gasteiger partial charge in [0, 0.05) is 19.1 Å². The van der Waals surface area contributed by atoms with E-state index in [9.17, 15) is 0 Å². The minimum atomic E-state index is -1.07. The minimum Gasteiger partial charge on any atom is -0.457 e. The van der Waals surface area contributed by atoms with Crippen LogP contribution in [-0.2, 0) is 10.6 Å². The van der Waals surface area contributed by atoms with E-state index in [2.05, 4.69) is 32.6 Å². The number of hydroxylamine groups is 2. The highest BCUT2D eigenvalue weighted by atomic mass is 16.7. The lowest BCUT2D eigenvalue weighted by Crippen LogP contribution is -2.51. The normalized spacial score (nSPS) is 17.4. The Kier molecular flexibility index (Phi) is 4.90. The van der Waals surface area contributed by atoms with Gasteiger partial charge < -0.3 is 14.4 Å². The summed E-state index contributed by atoms with van der Waals surface area (Å²) in [5, 5.41) is 1.77. The predicted molar refractivity (Wildman–Crippen MR) is 113 cm³/mol. The molecule has 0 amide bonds. The van der Waals surface area contributed by atoms with Crippen LogP contribution in [0.1, 0.15) is 45.2 Å². The van der Waals surface area contributed by atoms with E-state index in [0.29, 0.717) is 11.5 Å².